The Labute approximate surface area is 149 Å². The predicted octanol–water partition coefficient (Wildman–Crippen LogP) is 2.90. The first-order valence-corrected chi connectivity index (χ1v) is 9.78. The molecule has 5 nitrogen and oxygen atoms in total. The number of ether oxygens (including phenoxy) is 2. The molecule has 0 N–H and O–H groups in total. The third-order valence-corrected chi connectivity index (χ3v) is 6.35. The summed E-state index contributed by atoms with van der Waals surface area (Å²) < 4.78 is 38.1. The fourth-order valence-electron chi connectivity index (χ4n) is 2.77. The summed E-state index contributed by atoms with van der Waals surface area (Å²) in [5, 5.41) is 0. The van der Waals surface area contributed by atoms with Crippen LogP contribution in [0.25, 0.3) is 0 Å². The van der Waals surface area contributed by atoms with Gasteiger partial charge in [-0.25, -0.2) is 8.42 Å². The summed E-state index contributed by atoms with van der Waals surface area (Å²) in [5.41, 5.74) is 3.09. The highest BCUT2D eigenvalue weighted by molar-refractivity contribution is 7.89. The molecule has 0 spiro atoms. The summed E-state index contributed by atoms with van der Waals surface area (Å²) in [5.74, 6) is 0.821. The van der Waals surface area contributed by atoms with Crippen molar-refractivity contribution in [1.29, 1.82) is 0 Å². The average molecular weight is 361 g/mol. The van der Waals surface area contributed by atoms with E-state index < -0.39 is 10.0 Å². The molecule has 0 bridgehead atoms. The van der Waals surface area contributed by atoms with Crippen LogP contribution in [0.2, 0.25) is 0 Å². The topological polar surface area (TPSA) is 55.8 Å². The highest BCUT2D eigenvalue weighted by Crippen LogP contribution is 2.23. The van der Waals surface area contributed by atoms with Gasteiger partial charge in [0.25, 0.3) is 0 Å². The molecule has 1 aliphatic rings. The maximum Gasteiger partial charge on any atom is 0.243 e. The summed E-state index contributed by atoms with van der Waals surface area (Å²) in [6.45, 7) is 6.05. The van der Waals surface area contributed by atoms with E-state index in [9.17, 15) is 8.42 Å². The van der Waals surface area contributed by atoms with Gasteiger partial charge in [0.1, 0.15) is 12.4 Å². The molecule has 25 heavy (non-hydrogen) atoms. The van der Waals surface area contributed by atoms with E-state index in [2.05, 4.69) is 0 Å². The molecular formula is C19H23NO4S. The van der Waals surface area contributed by atoms with E-state index in [0.29, 0.717) is 37.8 Å². The number of hydrogen-bond donors (Lipinski definition) is 0. The van der Waals surface area contributed by atoms with Crippen molar-refractivity contribution < 1.29 is 17.9 Å². The minimum atomic E-state index is -3.48. The number of rotatable bonds is 5. The van der Waals surface area contributed by atoms with Gasteiger partial charge in [-0.3, -0.25) is 0 Å². The fourth-order valence-corrected chi connectivity index (χ4v) is 4.25. The zero-order chi connectivity index (χ0) is 17.9. The molecule has 6 heteroatoms. The number of aryl methyl sites for hydroxylation is 1. The number of nitrogens with zero attached hydrogens (tertiary/aromatic N) is 1. The van der Waals surface area contributed by atoms with E-state index in [0.717, 1.165) is 16.9 Å². The van der Waals surface area contributed by atoms with Crippen molar-refractivity contribution in [2.45, 2.75) is 25.3 Å². The van der Waals surface area contributed by atoms with E-state index in [1.165, 1.54) is 9.87 Å². The van der Waals surface area contributed by atoms with Crippen LogP contribution in [0.15, 0.2) is 47.4 Å². The van der Waals surface area contributed by atoms with Gasteiger partial charge in [0.05, 0.1) is 18.1 Å². The highest BCUT2D eigenvalue weighted by Gasteiger charge is 2.26. The molecule has 0 aromatic heterocycles. The summed E-state index contributed by atoms with van der Waals surface area (Å²) in [6, 6.07) is 12.9. The van der Waals surface area contributed by atoms with Gasteiger partial charge in [0, 0.05) is 13.1 Å². The second kappa shape index (κ2) is 7.56. The maximum absolute atomic E-state index is 12.7. The zero-order valence-electron chi connectivity index (χ0n) is 14.6. The fraction of sp³-hybridized carbons (Fsp3) is 0.368. The van der Waals surface area contributed by atoms with Crippen molar-refractivity contribution in [3.05, 3.63) is 59.2 Å². The quantitative estimate of drug-likeness (QED) is 0.822. The lowest BCUT2D eigenvalue weighted by Gasteiger charge is -2.26. The molecule has 2 aromatic carbocycles. The van der Waals surface area contributed by atoms with Gasteiger partial charge in [0.2, 0.25) is 10.0 Å². The van der Waals surface area contributed by atoms with Crippen LogP contribution in [-0.4, -0.2) is 39.0 Å². The van der Waals surface area contributed by atoms with E-state index in [1.807, 2.05) is 38.1 Å². The van der Waals surface area contributed by atoms with Gasteiger partial charge in [-0.2, -0.15) is 4.31 Å². The Morgan fingerprint density at radius 2 is 1.80 bits per heavy atom. The third kappa shape index (κ3) is 4.03. The largest absolute Gasteiger partial charge is 0.489 e. The van der Waals surface area contributed by atoms with Crippen molar-refractivity contribution in [1.82, 2.24) is 4.31 Å². The van der Waals surface area contributed by atoms with Crippen molar-refractivity contribution in [3.63, 3.8) is 0 Å². The van der Waals surface area contributed by atoms with Crippen LogP contribution in [0.4, 0.5) is 0 Å². The van der Waals surface area contributed by atoms with E-state index in [4.69, 9.17) is 9.47 Å². The van der Waals surface area contributed by atoms with Gasteiger partial charge in [-0.15, -0.1) is 0 Å². The molecule has 0 atom stereocenters. The molecule has 1 heterocycles. The van der Waals surface area contributed by atoms with Gasteiger partial charge in [-0.05, 0) is 48.7 Å². The summed E-state index contributed by atoms with van der Waals surface area (Å²) in [6.07, 6.45) is 0. The Kier molecular flexibility index (Phi) is 5.42. The number of sulfonamides is 1. The molecule has 1 fully saturated rings. The van der Waals surface area contributed by atoms with Crippen LogP contribution < -0.4 is 4.74 Å². The van der Waals surface area contributed by atoms with Crippen LogP contribution >= 0.6 is 0 Å². The predicted molar refractivity (Wildman–Crippen MR) is 96.3 cm³/mol. The van der Waals surface area contributed by atoms with Crippen molar-refractivity contribution >= 4 is 10.0 Å². The Bertz CT molecular complexity index is 842. The van der Waals surface area contributed by atoms with Crippen LogP contribution in [0.3, 0.4) is 0 Å². The first-order chi connectivity index (χ1) is 12.0. The lowest BCUT2D eigenvalue weighted by molar-refractivity contribution is 0.0730. The lowest BCUT2D eigenvalue weighted by Crippen LogP contribution is -2.40. The Morgan fingerprint density at radius 3 is 2.56 bits per heavy atom. The molecule has 0 radical (unpaired) electrons. The first-order valence-electron chi connectivity index (χ1n) is 8.34. The van der Waals surface area contributed by atoms with E-state index in [-0.39, 0.29) is 0 Å². The minimum Gasteiger partial charge on any atom is -0.489 e. The Morgan fingerprint density at radius 1 is 1.08 bits per heavy atom. The monoisotopic (exact) mass is 361 g/mol. The molecule has 2 aromatic rings. The first kappa shape index (κ1) is 17.9. The van der Waals surface area contributed by atoms with Crippen LogP contribution in [-0.2, 0) is 21.4 Å². The Hall–Kier alpha value is -1.89. The number of hydrogen-bond acceptors (Lipinski definition) is 4. The average Bonchev–Trinajstić information content (AvgIpc) is 2.64. The number of morpholine rings is 1. The summed E-state index contributed by atoms with van der Waals surface area (Å²) in [4.78, 5) is 0.302. The third-order valence-electron chi connectivity index (χ3n) is 4.46. The number of benzene rings is 2. The zero-order valence-corrected chi connectivity index (χ0v) is 15.4. The van der Waals surface area contributed by atoms with Crippen LogP contribution in [0.1, 0.15) is 16.7 Å². The standard InChI is InChI=1S/C19H23NO4S/c1-15-5-3-8-19(16(15)2)24-14-17-6-4-7-18(13-17)25(21,22)20-9-11-23-12-10-20/h3-8,13H,9-12,14H2,1-2H3. The van der Waals surface area contributed by atoms with Crippen molar-refractivity contribution in [2.24, 2.45) is 0 Å². The normalized spacial score (nSPS) is 15.9. The van der Waals surface area contributed by atoms with Gasteiger partial charge in [0.15, 0.2) is 0 Å². The molecule has 0 aliphatic carbocycles. The maximum atomic E-state index is 12.7. The molecular weight excluding hydrogens is 338 g/mol. The molecule has 134 valence electrons. The van der Waals surface area contributed by atoms with Crippen molar-refractivity contribution in [2.75, 3.05) is 26.3 Å². The van der Waals surface area contributed by atoms with Crippen LogP contribution in [0.5, 0.6) is 5.75 Å². The van der Waals surface area contributed by atoms with E-state index >= 15 is 0 Å². The Balaban J connectivity index is 1.76. The molecule has 0 unspecified atom stereocenters. The lowest BCUT2D eigenvalue weighted by atomic mass is 10.1. The summed E-state index contributed by atoms with van der Waals surface area (Å²) in [7, 11) is -3.48. The highest BCUT2D eigenvalue weighted by atomic mass is 32.2. The second-order valence-electron chi connectivity index (χ2n) is 6.15. The second-order valence-corrected chi connectivity index (χ2v) is 8.09. The smallest absolute Gasteiger partial charge is 0.243 e. The SMILES string of the molecule is Cc1cccc(OCc2cccc(S(=O)(=O)N3CCOCC3)c2)c1C. The van der Waals surface area contributed by atoms with Gasteiger partial charge < -0.3 is 9.47 Å². The molecule has 0 saturated carbocycles. The molecule has 3 rings (SSSR count). The summed E-state index contributed by atoms with van der Waals surface area (Å²) >= 11 is 0. The van der Waals surface area contributed by atoms with Crippen molar-refractivity contribution in [3.8, 4) is 5.75 Å². The minimum absolute atomic E-state index is 0.302. The molecule has 1 saturated heterocycles. The van der Waals surface area contributed by atoms with Gasteiger partial charge >= 0.3 is 0 Å². The van der Waals surface area contributed by atoms with Gasteiger partial charge in [-0.1, -0.05) is 24.3 Å². The van der Waals surface area contributed by atoms with Crippen LogP contribution in [0, 0.1) is 13.8 Å². The molecule has 0 amide bonds. The molecule has 1 aliphatic heterocycles. The van der Waals surface area contributed by atoms with E-state index in [1.54, 1.807) is 18.2 Å².